The van der Waals surface area contributed by atoms with Crippen molar-refractivity contribution in [3.8, 4) is 0 Å². The zero-order chi connectivity index (χ0) is 14.5. The highest BCUT2D eigenvalue weighted by Crippen LogP contribution is 2.37. The fraction of sp³-hybridized carbons (Fsp3) is 0.385. The van der Waals surface area contributed by atoms with Crippen LogP contribution in [0.2, 0.25) is 0 Å². The lowest BCUT2D eigenvalue weighted by atomic mass is 10.1. The molecule has 0 aliphatic heterocycles. The number of hydrogen-bond donors (Lipinski definition) is 1. The minimum absolute atomic E-state index is 0.0309. The molecule has 1 aromatic carbocycles. The molecule has 1 heterocycles. The Hall–Kier alpha value is -0.630. The average Bonchev–Trinajstić information content (AvgIpc) is 2.87. The third-order valence-electron chi connectivity index (χ3n) is 2.72. The van der Waals surface area contributed by atoms with Crippen LogP contribution in [0.3, 0.4) is 0 Å². The number of nitrogens with one attached hydrogen (secondary N) is 1. The zero-order valence-corrected chi connectivity index (χ0v) is 14.0. The molecule has 0 aliphatic rings. The second kappa shape index (κ2) is 7.40. The van der Waals surface area contributed by atoms with Crippen molar-refractivity contribution < 1.29 is 4.39 Å². The summed E-state index contributed by atoms with van der Waals surface area (Å²) in [6.45, 7) is 4.79. The Kier molecular flexibility index (Phi) is 5.83. The van der Waals surface area contributed by atoms with E-state index in [4.69, 9.17) is 0 Å². The first kappa shape index (κ1) is 15.8. The molecule has 0 spiro atoms. The molecule has 0 radical (unpaired) electrons. The van der Waals surface area contributed by atoms with E-state index in [-0.39, 0.29) is 11.9 Å². The largest absolute Gasteiger partial charge is 0.310 e. The molecular weight excluding hydrogens is 313 g/mol. The molecule has 1 atom stereocenters. The summed E-state index contributed by atoms with van der Waals surface area (Å²) in [4.78, 5) is 0.891. The highest BCUT2D eigenvalue weighted by atomic mass is 32.2. The van der Waals surface area contributed by atoms with Crippen LogP contribution in [0.4, 0.5) is 4.39 Å². The molecule has 1 N–H and O–H groups in total. The van der Waals surface area contributed by atoms with Gasteiger partial charge in [0.25, 0.3) is 0 Å². The van der Waals surface area contributed by atoms with E-state index in [1.165, 1.54) is 29.2 Å². The minimum atomic E-state index is -0.182. The molecular formula is C13H16FN3S3. The summed E-state index contributed by atoms with van der Waals surface area (Å²) in [5.74, 6) is -0.182. The molecule has 1 aromatic heterocycles. The Balaban J connectivity index is 2.28. The number of rotatable bonds is 6. The van der Waals surface area contributed by atoms with Crippen LogP contribution >= 0.6 is 34.9 Å². The predicted octanol–water partition coefficient (Wildman–Crippen LogP) is 4.22. The van der Waals surface area contributed by atoms with Gasteiger partial charge in [0, 0.05) is 16.5 Å². The van der Waals surface area contributed by atoms with E-state index in [0.29, 0.717) is 5.56 Å². The smallest absolute Gasteiger partial charge is 0.179 e. The van der Waals surface area contributed by atoms with Crippen LogP contribution in [0.15, 0.2) is 31.8 Å². The lowest BCUT2D eigenvalue weighted by Gasteiger charge is -2.17. The SMILES string of the molecule is CCNC(C)c1c(F)cccc1Sc1nnc(SC)s1. The molecule has 0 aliphatic carbocycles. The monoisotopic (exact) mass is 329 g/mol. The summed E-state index contributed by atoms with van der Waals surface area (Å²) in [6.07, 6.45) is 1.97. The third-order valence-corrected chi connectivity index (χ3v) is 5.74. The van der Waals surface area contributed by atoms with Crippen LogP contribution in [0, 0.1) is 5.82 Å². The lowest BCUT2D eigenvalue weighted by molar-refractivity contribution is 0.531. The molecule has 2 aromatic rings. The first-order valence-electron chi connectivity index (χ1n) is 6.22. The summed E-state index contributed by atoms with van der Waals surface area (Å²) >= 11 is 4.57. The number of benzene rings is 1. The van der Waals surface area contributed by atoms with E-state index in [1.54, 1.807) is 17.8 Å². The van der Waals surface area contributed by atoms with Gasteiger partial charge in [-0.25, -0.2) is 4.39 Å². The molecule has 0 bridgehead atoms. The van der Waals surface area contributed by atoms with Crippen molar-refractivity contribution in [1.82, 2.24) is 15.5 Å². The molecule has 0 amide bonds. The predicted molar refractivity (Wildman–Crippen MR) is 84.3 cm³/mol. The molecule has 7 heteroatoms. The Morgan fingerprint density at radius 3 is 2.75 bits per heavy atom. The maximum atomic E-state index is 14.1. The van der Waals surface area contributed by atoms with E-state index in [2.05, 4.69) is 15.5 Å². The van der Waals surface area contributed by atoms with Gasteiger partial charge in [0.2, 0.25) is 0 Å². The van der Waals surface area contributed by atoms with Crippen molar-refractivity contribution in [1.29, 1.82) is 0 Å². The van der Waals surface area contributed by atoms with Crippen molar-refractivity contribution in [3.05, 3.63) is 29.6 Å². The van der Waals surface area contributed by atoms with Crippen molar-refractivity contribution in [2.24, 2.45) is 0 Å². The lowest BCUT2D eigenvalue weighted by Crippen LogP contribution is -2.19. The molecule has 0 saturated carbocycles. The quantitative estimate of drug-likeness (QED) is 0.803. The van der Waals surface area contributed by atoms with Gasteiger partial charge in [0.05, 0.1) is 0 Å². The standard InChI is InChI=1S/C13H16FN3S3/c1-4-15-8(2)11-9(14)6-5-7-10(11)19-13-17-16-12(18-3)20-13/h5-8,15H,4H2,1-3H3. The normalized spacial score (nSPS) is 12.6. The van der Waals surface area contributed by atoms with E-state index < -0.39 is 0 Å². The first-order chi connectivity index (χ1) is 9.65. The second-order valence-electron chi connectivity index (χ2n) is 4.07. The summed E-state index contributed by atoms with van der Waals surface area (Å²) in [5, 5.41) is 11.4. The minimum Gasteiger partial charge on any atom is -0.310 e. The Labute approximate surface area is 130 Å². The van der Waals surface area contributed by atoms with Crippen LogP contribution < -0.4 is 5.32 Å². The van der Waals surface area contributed by atoms with Crippen LogP contribution in [-0.4, -0.2) is 23.0 Å². The molecule has 1 unspecified atom stereocenters. The van der Waals surface area contributed by atoms with Crippen molar-refractivity contribution in [2.75, 3.05) is 12.8 Å². The van der Waals surface area contributed by atoms with Crippen LogP contribution in [-0.2, 0) is 0 Å². The average molecular weight is 329 g/mol. The van der Waals surface area contributed by atoms with Gasteiger partial charge in [-0.05, 0) is 31.9 Å². The van der Waals surface area contributed by atoms with E-state index in [1.807, 2.05) is 26.2 Å². The van der Waals surface area contributed by atoms with Crippen molar-refractivity contribution in [3.63, 3.8) is 0 Å². The molecule has 20 heavy (non-hydrogen) atoms. The van der Waals surface area contributed by atoms with Gasteiger partial charge in [-0.3, -0.25) is 0 Å². The van der Waals surface area contributed by atoms with Crippen LogP contribution in [0.1, 0.15) is 25.5 Å². The number of halogens is 1. The van der Waals surface area contributed by atoms with Gasteiger partial charge in [-0.15, -0.1) is 10.2 Å². The van der Waals surface area contributed by atoms with Crippen LogP contribution in [0.25, 0.3) is 0 Å². The van der Waals surface area contributed by atoms with E-state index in [9.17, 15) is 4.39 Å². The molecule has 108 valence electrons. The highest BCUT2D eigenvalue weighted by molar-refractivity contribution is 8.03. The van der Waals surface area contributed by atoms with Gasteiger partial charge >= 0.3 is 0 Å². The van der Waals surface area contributed by atoms with E-state index >= 15 is 0 Å². The van der Waals surface area contributed by atoms with Crippen LogP contribution in [0.5, 0.6) is 0 Å². The van der Waals surface area contributed by atoms with Gasteiger partial charge in [0.1, 0.15) is 5.82 Å². The maximum Gasteiger partial charge on any atom is 0.179 e. The third kappa shape index (κ3) is 3.72. The summed E-state index contributed by atoms with van der Waals surface area (Å²) in [7, 11) is 0. The number of thioether (sulfide) groups is 1. The maximum absolute atomic E-state index is 14.1. The van der Waals surface area contributed by atoms with Gasteiger partial charge < -0.3 is 5.32 Å². The van der Waals surface area contributed by atoms with Crippen molar-refractivity contribution >= 4 is 34.9 Å². The van der Waals surface area contributed by atoms with E-state index in [0.717, 1.165) is 20.1 Å². The zero-order valence-electron chi connectivity index (χ0n) is 11.5. The second-order valence-corrected chi connectivity index (χ2v) is 7.39. The Morgan fingerprint density at radius 1 is 1.35 bits per heavy atom. The number of nitrogens with zero attached hydrogens (tertiary/aromatic N) is 2. The molecule has 0 fully saturated rings. The molecule has 0 saturated heterocycles. The fourth-order valence-electron chi connectivity index (χ4n) is 1.85. The first-order valence-corrected chi connectivity index (χ1v) is 9.08. The highest BCUT2D eigenvalue weighted by Gasteiger charge is 2.17. The number of hydrogen-bond acceptors (Lipinski definition) is 6. The van der Waals surface area contributed by atoms with Crippen molar-refractivity contribution in [2.45, 2.75) is 33.5 Å². The Morgan fingerprint density at radius 2 is 2.10 bits per heavy atom. The Bertz CT molecular complexity index is 574. The van der Waals surface area contributed by atoms with Gasteiger partial charge in [0.15, 0.2) is 8.68 Å². The topological polar surface area (TPSA) is 37.8 Å². The van der Waals surface area contributed by atoms with Gasteiger partial charge in [-0.1, -0.05) is 47.9 Å². The fourth-order valence-corrected chi connectivity index (χ4v) is 4.49. The summed E-state index contributed by atoms with van der Waals surface area (Å²) in [5.41, 5.74) is 0.695. The summed E-state index contributed by atoms with van der Waals surface area (Å²) < 4.78 is 15.9. The molecule has 2 rings (SSSR count). The number of aromatic nitrogens is 2. The summed E-state index contributed by atoms with van der Waals surface area (Å²) in [6, 6.07) is 5.13. The molecule has 3 nitrogen and oxygen atoms in total. The van der Waals surface area contributed by atoms with Gasteiger partial charge in [-0.2, -0.15) is 0 Å².